The van der Waals surface area contributed by atoms with E-state index in [9.17, 15) is 14.4 Å². The second-order valence-corrected chi connectivity index (χ2v) is 5.58. The van der Waals surface area contributed by atoms with Gasteiger partial charge in [0, 0.05) is 0 Å². The van der Waals surface area contributed by atoms with Crippen LogP contribution < -0.4 is 0 Å². The molecule has 0 saturated carbocycles. The molecule has 0 rings (SSSR count). The predicted molar refractivity (Wildman–Crippen MR) is 90.3 cm³/mol. The van der Waals surface area contributed by atoms with Gasteiger partial charge in [0.1, 0.15) is 0 Å². The SMILES string of the molecule is CCCCC(CCCC(C(=O)OCC)C(=O)OCC)C(=O)OCC. The monoisotopic (exact) mass is 344 g/mol. The second kappa shape index (κ2) is 13.8. The third-order valence-corrected chi connectivity index (χ3v) is 3.71. The first kappa shape index (κ1) is 22.4. The molecule has 0 saturated heterocycles. The first-order valence-electron chi connectivity index (χ1n) is 9.01. The van der Waals surface area contributed by atoms with E-state index in [1.54, 1.807) is 20.8 Å². The highest BCUT2D eigenvalue weighted by atomic mass is 16.6. The van der Waals surface area contributed by atoms with Gasteiger partial charge in [-0.3, -0.25) is 14.4 Å². The van der Waals surface area contributed by atoms with E-state index < -0.39 is 17.9 Å². The lowest BCUT2D eigenvalue weighted by atomic mass is 9.93. The van der Waals surface area contributed by atoms with Crippen LogP contribution in [-0.4, -0.2) is 37.7 Å². The van der Waals surface area contributed by atoms with Crippen molar-refractivity contribution in [2.75, 3.05) is 19.8 Å². The number of hydrogen-bond acceptors (Lipinski definition) is 6. The number of rotatable bonds is 13. The minimum atomic E-state index is -0.918. The number of carbonyl (C=O) groups is 3. The molecule has 0 fully saturated rings. The number of ether oxygens (including phenoxy) is 3. The van der Waals surface area contributed by atoms with Gasteiger partial charge in [-0.15, -0.1) is 0 Å². The van der Waals surface area contributed by atoms with Crippen molar-refractivity contribution in [2.45, 2.75) is 66.2 Å². The van der Waals surface area contributed by atoms with Crippen molar-refractivity contribution in [3.05, 3.63) is 0 Å². The van der Waals surface area contributed by atoms with Crippen molar-refractivity contribution >= 4 is 17.9 Å². The van der Waals surface area contributed by atoms with Gasteiger partial charge in [-0.1, -0.05) is 26.2 Å². The Morgan fingerprint density at radius 3 is 1.58 bits per heavy atom. The lowest BCUT2D eigenvalue weighted by Crippen LogP contribution is -2.28. The largest absolute Gasteiger partial charge is 0.466 e. The Hall–Kier alpha value is -1.59. The lowest BCUT2D eigenvalue weighted by molar-refractivity contribution is -0.162. The summed E-state index contributed by atoms with van der Waals surface area (Å²) in [6.45, 7) is 8.04. The molecular formula is C18H32O6. The van der Waals surface area contributed by atoms with Crippen LogP contribution in [0.25, 0.3) is 0 Å². The molecule has 0 bridgehead atoms. The van der Waals surface area contributed by atoms with E-state index in [1.807, 2.05) is 0 Å². The number of hydrogen-bond donors (Lipinski definition) is 0. The van der Waals surface area contributed by atoms with Crippen LogP contribution in [-0.2, 0) is 28.6 Å². The smallest absolute Gasteiger partial charge is 0.320 e. The Balaban J connectivity index is 4.64. The molecule has 140 valence electrons. The van der Waals surface area contributed by atoms with Crippen LogP contribution in [0.2, 0.25) is 0 Å². The molecule has 0 aromatic carbocycles. The first-order chi connectivity index (χ1) is 11.5. The molecule has 0 N–H and O–H groups in total. The van der Waals surface area contributed by atoms with E-state index in [0.717, 1.165) is 19.3 Å². The molecule has 0 aromatic heterocycles. The van der Waals surface area contributed by atoms with Crippen LogP contribution in [0.3, 0.4) is 0 Å². The van der Waals surface area contributed by atoms with Gasteiger partial charge in [0.2, 0.25) is 0 Å². The van der Waals surface area contributed by atoms with Gasteiger partial charge in [0.15, 0.2) is 5.92 Å². The molecule has 6 heteroatoms. The maximum Gasteiger partial charge on any atom is 0.320 e. The Kier molecular flexibility index (Phi) is 12.9. The van der Waals surface area contributed by atoms with Gasteiger partial charge in [0.05, 0.1) is 25.7 Å². The zero-order valence-electron chi connectivity index (χ0n) is 15.5. The van der Waals surface area contributed by atoms with Crippen molar-refractivity contribution in [2.24, 2.45) is 11.8 Å². The average Bonchev–Trinajstić information content (AvgIpc) is 2.54. The van der Waals surface area contributed by atoms with E-state index in [0.29, 0.717) is 25.9 Å². The molecule has 6 nitrogen and oxygen atoms in total. The van der Waals surface area contributed by atoms with Gasteiger partial charge in [-0.05, 0) is 40.0 Å². The summed E-state index contributed by atoms with van der Waals surface area (Å²) in [6, 6.07) is 0. The highest BCUT2D eigenvalue weighted by Gasteiger charge is 2.30. The van der Waals surface area contributed by atoms with Gasteiger partial charge in [-0.2, -0.15) is 0 Å². The maximum absolute atomic E-state index is 12.0. The Morgan fingerprint density at radius 2 is 1.12 bits per heavy atom. The number of esters is 3. The molecule has 1 unspecified atom stereocenters. The van der Waals surface area contributed by atoms with Crippen LogP contribution in [0.15, 0.2) is 0 Å². The summed E-state index contributed by atoms with van der Waals surface area (Å²) in [5.74, 6) is -2.42. The van der Waals surface area contributed by atoms with Gasteiger partial charge >= 0.3 is 17.9 Å². The van der Waals surface area contributed by atoms with Crippen LogP contribution in [0.5, 0.6) is 0 Å². The Labute approximate surface area is 145 Å². The van der Waals surface area contributed by atoms with Crippen LogP contribution in [0.1, 0.15) is 66.2 Å². The third kappa shape index (κ3) is 8.89. The predicted octanol–water partition coefficient (Wildman–Crippen LogP) is 3.27. The fourth-order valence-electron chi connectivity index (χ4n) is 2.48. The molecular weight excluding hydrogens is 312 g/mol. The highest BCUT2D eigenvalue weighted by Crippen LogP contribution is 2.21. The summed E-state index contributed by atoms with van der Waals surface area (Å²) < 4.78 is 15.0. The molecule has 0 aromatic rings. The standard InChI is InChI=1S/C18H32O6/c1-5-9-11-14(16(19)22-6-2)12-10-13-15(17(20)23-7-3)18(21)24-8-4/h14-15H,5-13H2,1-4H3. The normalized spacial score (nSPS) is 11.9. The number of unbranched alkanes of at least 4 members (excludes halogenated alkanes) is 1. The average molecular weight is 344 g/mol. The molecule has 0 amide bonds. The summed E-state index contributed by atoms with van der Waals surface area (Å²) in [5, 5.41) is 0. The molecule has 0 heterocycles. The second-order valence-electron chi connectivity index (χ2n) is 5.58. The molecule has 0 aliphatic carbocycles. The molecule has 24 heavy (non-hydrogen) atoms. The molecule has 0 spiro atoms. The van der Waals surface area contributed by atoms with Crippen molar-refractivity contribution in [3.8, 4) is 0 Å². The maximum atomic E-state index is 12.0. The van der Waals surface area contributed by atoms with Gasteiger partial charge < -0.3 is 14.2 Å². The summed E-state index contributed by atoms with van der Waals surface area (Å²) in [4.78, 5) is 35.8. The fourth-order valence-corrected chi connectivity index (χ4v) is 2.48. The third-order valence-electron chi connectivity index (χ3n) is 3.71. The minimum Gasteiger partial charge on any atom is -0.466 e. The molecule has 1 atom stereocenters. The van der Waals surface area contributed by atoms with Crippen LogP contribution in [0.4, 0.5) is 0 Å². The van der Waals surface area contributed by atoms with Crippen molar-refractivity contribution in [1.29, 1.82) is 0 Å². The van der Waals surface area contributed by atoms with E-state index in [1.165, 1.54) is 0 Å². The zero-order chi connectivity index (χ0) is 18.4. The van der Waals surface area contributed by atoms with E-state index in [4.69, 9.17) is 14.2 Å². The van der Waals surface area contributed by atoms with Crippen molar-refractivity contribution in [3.63, 3.8) is 0 Å². The quantitative estimate of drug-likeness (QED) is 0.290. The zero-order valence-corrected chi connectivity index (χ0v) is 15.5. The fraction of sp³-hybridized carbons (Fsp3) is 0.833. The number of carbonyl (C=O) groups excluding carboxylic acids is 3. The van der Waals surface area contributed by atoms with E-state index >= 15 is 0 Å². The summed E-state index contributed by atoms with van der Waals surface area (Å²) in [5.41, 5.74) is 0. The first-order valence-corrected chi connectivity index (χ1v) is 9.01. The van der Waals surface area contributed by atoms with Crippen LogP contribution >= 0.6 is 0 Å². The minimum absolute atomic E-state index is 0.185. The lowest BCUT2D eigenvalue weighted by Gasteiger charge is -2.17. The van der Waals surface area contributed by atoms with Crippen molar-refractivity contribution in [1.82, 2.24) is 0 Å². The van der Waals surface area contributed by atoms with E-state index in [2.05, 4.69) is 6.92 Å². The van der Waals surface area contributed by atoms with Gasteiger partial charge in [-0.25, -0.2) is 0 Å². The molecule has 0 radical (unpaired) electrons. The van der Waals surface area contributed by atoms with Crippen LogP contribution in [0, 0.1) is 11.8 Å². The summed E-state index contributed by atoms with van der Waals surface area (Å²) in [6.07, 6.45) is 4.19. The van der Waals surface area contributed by atoms with Gasteiger partial charge in [0.25, 0.3) is 0 Å². The topological polar surface area (TPSA) is 78.9 Å². The Bertz CT molecular complexity index is 362. The summed E-state index contributed by atoms with van der Waals surface area (Å²) in [7, 11) is 0. The Morgan fingerprint density at radius 1 is 0.667 bits per heavy atom. The van der Waals surface area contributed by atoms with E-state index in [-0.39, 0.29) is 25.1 Å². The molecule has 0 aliphatic rings. The highest BCUT2D eigenvalue weighted by molar-refractivity contribution is 5.94. The molecule has 0 aliphatic heterocycles. The summed E-state index contributed by atoms with van der Waals surface area (Å²) >= 11 is 0. The van der Waals surface area contributed by atoms with Crippen molar-refractivity contribution < 1.29 is 28.6 Å².